The van der Waals surface area contributed by atoms with Gasteiger partial charge in [-0.25, -0.2) is 0 Å². The lowest BCUT2D eigenvalue weighted by Crippen LogP contribution is -2.19. The number of aromatic nitrogens is 2. The molecule has 0 amide bonds. The van der Waals surface area contributed by atoms with E-state index in [2.05, 4.69) is 21.0 Å². The quantitative estimate of drug-likeness (QED) is 0.854. The van der Waals surface area contributed by atoms with Crippen LogP contribution >= 0.6 is 50.5 Å². The van der Waals surface area contributed by atoms with Crippen molar-refractivity contribution in [2.75, 3.05) is 13.7 Å². The number of nitrogens with zero attached hydrogens (tertiary/aromatic N) is 2. The Balaban J connectivity index is 2.35. The molecule has 0 aliphatic heterocycles. The molecule has 0 aliphatic carbocycles. The minimum absolute atomic E-state index is 0.384. The van der Waals surface area contributed by atoms with Gasteiger partial charge in [0.25, 0.3) is 0 Å². The highest BCUT2D eigenvalue weighted by atomic mass is 79.9. The smallest absolute Gasteiger partial charge is 0.0995 e. The second-order valence-corrected chi connectivity index (χ2v) is 6.99. The second-order valence-electron chi connectivity index (χ2n) is 3.85. The van der Waals surface area contributed by atoms with Crippen LogP contribution in [0.25, 0.3) is 0 Å². The number of hydrogen-bond acceptors (Lipinski definition) is 4. The maximum absolute atomic E-state index is 6.28. The monoisotopic (exact) mass is 383 g/mol. The zero-order valence-electron chi connectivity index (χ0n) is 10.1. The van der Waals surface area contributed by atoms with E-state index >= 15 is 0 Å². The number of rotatable bonds is 5. The molecule has 0 spiro atoms. The Morgan fingerprint density at radius 3 is 2.89 bits per heavy atom. The van der Waals surface area contributed by atoms with Crippen LogP contribution in [-0.4, -0.2) is 23.5 Å². The summed E-state index contributed by atoms with van der Waals surface area (Å²) in [4.78, 5) is 0. The van der Waals surface area contributed by atoms with Gasteiger partial charge in [0.2, 0.25) is 0 Å². The van der Waals surface area contributed by atoms with Crippen molar-refractivity contribution in [2.24, 2.45) is 5.73 Å². The summed E-state index contributed by atoms with van der Waals surface area (Å²) in [5.74, 6) is 0. The van der Waals surface area contributed by atoms with Crippen LogP contribution in [0.3, 0.4) is 0 Å². The van der Waals surface area contributed by atoms with Gasteiger partial charge in [0, 0.05) is 12.7 Å². The minimum atomic E-state index is -0.384. The van der Waals surface area contributed by atoms with Crippen molar-refractivity contribution in [1.29, 1.82) is 0 Å². The summed E-state index contributed by atoms with van der Waals surface area (Å²) in [7, 11) is 1.65. The Kier molecular flexibility index (Phi) is 5.28. The van der Waals surface area contributed by atoms with E-state index in [0.717, 1.165) is 15.7 Å². The first-order valence-electron chi connectivity index (χ1n) is 5.45. The lowest BCUT2D eigenvalue weighted by Gasteiger charge is -2.14. The molecule has 0 saturated heterocycles. The molecule has 8 heteroatoms. The summed E-state index contributed by atoms with van der Waals surface area (Å²) >= 11 is 16.9. The van der Waals surface area contributed by atoms with Crippen molar-refractivity contribution in [3.05, 3.63) is 36.7 Å². The molecule has 2 N–H and O–H groups in total. The molecule has 1 atom stereocenters. The lowest BCUT2D eigenvalue weighted by atomic mass is 10.1. The van der Waals surface area contributed by atoms with E-state index < -0.39 is 0 Å². The van der Waals surface area contributed by atoms with Crippen molar-refractivity contribution in [2.45, 2.75) is 12.6 Å². The van der Waals surface area contributed by atoms with Gasteiger partial charge in [-0.15, -0.1) is 11.3 Å². The molecule has 2 aromatic rings. The van der Waals surface area contributed by atoms with Crippen molar-refractivity contribution < 1.29 is 4.74 Å². The van der Waals surface area contributed by atoms with Gasteiger partial charge in [-0.05, 0) is 22.0 Å². The highest BCUT2D eigenvalue weighted by Crippen LogP contribution is 2.38. The molecule has 0 fully saturated rings. The largest absolute Gasteiger partial charge is 0.383 e. The van der Waals surface area contributed by atoms with E-state index in [1.807, 2.05) is 0 Å². The molecule has 0 aromatic carbocycles. The third kappa shape index (κ3) is 3.32. The molecular formula is C11H12BrCl2N3OS. The minimum Gasteiger partial charge on any atom is -0.383 e. The van der Waals surface area contributed by atoms with Crippen LogP contribution in [0.5, 0.6) is 0 Å². The maximum Gasteiger partial charge on any atom is 0.0995 e. The standard InChI is InChI=1S/C11H12BrCl2N3OS/c1-18-3-2-17-10(7(12)5-16-17)9(15)6-4-8(13)19-11(6)14/h4-5,9H,2-3,15H2,1H3. The summed E-state index contributed by atoms with van der Waals surface area (Å²) in [5.41, 5.74) is 7.94. The van der Waals surface area contributed by atoms with E-state index in [0.29, 0.717) is 21.8 Å². The zero-order valence-corrected chi connectivity index (χ0v) is 14.0. The molecular weight excluding hydrogens is 373 g/mol. The lowest BCUT2D eigenvalue weighted by molar-refractivity contribution is 0.182. The average molecular weight is 385 g/mol. The fourth-order valence-corrected chi connectivity index (χ4v) is 3.84. The Labute approximate surface area is 133 Å². The van der Waals surface area contributed by atoms with Gasteiger partial charge < -0.3 is 10.5 Å². The zero-order chi connectivity index (χ0) is 14.0. The fourth-order valence-electron chi connectivity index (χ4n) is 1.75. The Morgan fingerprint density at radius 1 is 1.58 bits per heavy atom. The molecule has 0 saturated carbocycles. The molecule has 4 nitrogen and oxygen atoms in total. The highest BCUT2D eigenvalue weighted by molar-refractivity contribution is 9.10. The second kappa shape index (κ2) is 6.56. The summed E-state index contributed by atoms with van der Waals surface area (Å²) < 4.78 is 8.93. The summed E-state index contributed by atoms with van der Waals surface area (Å²) in [5, 5.41) is 4.27. The third-order valence-electron chi connectivity index (χ3n) is 2.65. The predicted molar refractivity (Wildman–Crippen MR) is 82.2 cm³/mol. The first kappa shape index (κ1) is 15.3. The highest BCUT2D eigenvalue weighted by Gasteiger charge is 2.22. The van der Waals surface area contributed by atoms with Gasteiger partial charge in [-0.2, -0.15) is 5.10 Å². The van der Waals surface area contributed by atoms with Gasteiger partial charge in [-0.1, -0.05) is 23.2 Å². The summed E-state index contributed by atoms with van der Waals surface area (Å²) in [6, 6.07) is 1.41. The van der Waals surface area contributed by atoms with E-state index in [1.165, 1.54) is 11.3 Å². The van der Waals surface area contributed by atoms with E-state index in [9.17, 15) is 0 Å². The van der Waals surface area contributed by atoms with Gasteiger partial charge in [0.05, 0.1) is 44.2 Å². The fraction of sp³-hybridized carbons (Fsp3) is 0.364. The summed E-state index contributed by atoms with van der Waals surface area (Å²) in [6.45, 7) is 1.19. The molecule has 19 heavy (non-hydrogen) atoms. The molecule has 0 aliphatic rings. The maximum atomic E-state index is 6.28. The van der Waals surface area contributed by atoms with Gasteiger partial charge in [0.15, 0.2) is 0 Å². The third-order valence-corrected chi connectivity index (χ3v) is 4.78. The van der Waals surface area contributed by atoms with Crippen molar-refractivity contribution >= 4 is 50.5 Å². The first-order valence-corrected chi connectivity index (χ1v) is 7.81. The molecule has 2 aromatic heterocycles. The van der Waals surface area contributed by atoms with Crippen LogP contribution in [-0.2, 0) is 11.3 Å². The predicted octanol–water partition coefficient (Wildman–Crippen LogP) is 3.71. The van der Waals surface area contributed by atoms with Crippen LogP contribution in [0.2, 0.25) is 8.67 Å². The molecule has 0 radical (unpaired) electrons. The van der Waals surface area contributed by atoms with Gasteiger partial charge in [0.1, 0.15) is 0 Å². The number of thiophene rings is 1. The van der Waals surface area contributed by atoms with Crippen molar-refractivity contribution in [3.8, 4) is 0 Å². The molecule has 0 bridgehead atoms. The molecule has 1 unspecified atom stereocenters. The number of ether oxygens (including phenoxy) is 1. The van der Waals surface area contributed by atoms with E-state index in [4.69, 9.17) is 33.7 Å². The van der Waals surface area contributed by atoms with Crippen LogP contribution in [0.15, 0.2) is 16.7 Å². The van der Waals surface area contributed by atoms with Crippen LogP contribution in [0.1, 0.15) is 17.3 Å². The first-order chi connectivity index (χ1) is 9.04. The average Bonchev–Trinajstić information content (AvgIpc) is 2.89. The Morgan fingerprint density at radius 2 is 2.32 bits per heavy atom. The van der Waals surface area contributed by atoms with Crippen LogP contribution in [0.4, 0.5) is 0 Å². The molecule has 2 heterocycles. The molecule has 2 rings (SSSR count). The van der Waals surface area contributed by atoms with Crippen LogP contribution < -0.4 is 5.73 Å². The summed E-state index contributed by atoms with van der Waals surface area (Å²) in [6.07, 6.45) is 1.72. The number of methoxy groups -OCH3 is 1. The SMILES string of the molecule is COCCn1ncc(Br)c1C(N)c1cc(Cl)sc1Cl. The van der Waals surface area contributed by atoms with E-state index in [-0.39, 0.29) is 6.04 Å². The van der Waals surface area contributed by atoms with Crippen molar-refractivity contribution in [3.63, 3.8) is 0 Å². The van der Waals surface area contributed by atoms with Gasteiger partial charge in [-0.3, -0.25) is 4.68 Å². The Bertz CT molecular complexity index is 572. The van der Waals surface area contributed by atoms with Gasteiger partial charge >= 0.3 is 0 Å². The topological polar surface area (TPSA) is 53.1 Å². The number of nitrogens with two attached hydrogens (primary N) is 1. The molecule has 104 valence electrons. The van der Waals surface area contributed by atoms with Crippen LogP contribution in [0, 0.1) is 0 Å². The van der Waals surface area contributed by atoms with Crippen molar-refractivity contribution in [1.82, 2.24) is 9.78 Å². The number of halogens is 3. The number of hydrogen-bond donors (Lipinski definition) is 1. The van der Waals surface area contributed by atoms with E-state index in [1.54, 1.807) is 24.1 Å². The Hall–Kier alpha value is -0.110. The normalized spacial score (nSPS) is 12.9.